The van der Waals surface area contributed by atoms with E-state index in [0.29, 0.717) is 6.61 Å². The number of nitro benzene ring substituents is 1. The molecule has 0 aliphatic carbocycles. The van der Waals surface area contributed by atoms with E-state index in [4.69, 9.17) is 9.16 Å². The molecule has 159 valence electrons. The number of carbonyl (C=O) groups excluding carboxylic acids is 2. The van der Waals surface area contributed by atoms with Crippen LogP contribution in [-0.2, 0) is 14.0 Å². The minimum atomic E-state index is -0.917. The molecule has 0 saturated carbocycles. The van der Waals surface area contributed by atoms with Crippen molar-refractivity contribution in [1.29, 1.82) is 0 Å². The van der Waals surface area contributed by atoms with E-state index in [1.54, 1.807) is 13.0 Å². The van der Waals surface area contributed by atoms with E-state index in [2.05, 4.69) is 26.1 Å². The number of hydrogen-bond acceptors (Lipinski definition) is 6. The third-order valence-electron chi connectivity index (χ3n) is 5.28. The summed E-state index contributed by atoms with van der Waals surface area (Å²) in [5.41, 5.74) is -0.469. The molecule has 0 aromatic heterocycles. The molecule has 4 atom stereocenters. The predicted molar refractivity (Wildman–Crippen MR) is 110 cm³/mol. The van der Waals surface area contributed by atoms with Crippen molar-refractivity contribution in [2.45, 2.75) is 46.8 Å². The third-order valence-corrected chi connectivity index (χ3v) is 6.02. The molecule has 1 saturated heterocycles. The van der Waals surface area contributed by atoms with Crippen molar-refractivity contribution >= 4 is 26.6 Å². The first-order chi connectivity index (χ1) is 13.4. The van der Waals surface area contributed by atoms with Gasteiger partial charge in [0.2, 0.25) is 20.7 Å². The number of β-lactam (4-membered cyclic amide) rings is 1. The topological polar surface area (TPSA) is 108 Å². The molecule has 0 spiro atoms. The Labute approximate surface area is 172 Å². The molecular formula is C20H29N2O6Si. The SMILES string of the molecule is C[C@@H](C(=O)Oc1ccccc1[N+](=O)[O-])[C@H]1NC(=O)[C@H]1[C@@H](CO[Si](C)C)C(C)(C)C. The van der Waals surface area contributed by atoms with E-state index < -0.39 is 31.9 Å². The molecule has 2 rings (SSSR count). The van der Waals surface area contributed by atoms with Gasteiger partial charge in [-0.15, -0.1) is 0 Å². The van der Waals surface area contributed by atoms with E-state index in [9.17, 15) is 19.7 Å². The van der Waals surface area contributed by atoms with Crippen LogP contribution in [-0.4, -0.2) is 38.5 Å². The summed E-state index contributed by atoms with van der Waals surface area (Å²) in [6, 6.07) is 5.33. The zero-order valence-corrected chi connectivity index (χ0v) is 18.7. The number of nitrogens with zero attached hydrogens (tertiary/aromatic N) is 1. The minimum absolute atomic E-state index is 0.0672. The highest BCUT2D eigenvalue weighted by atomic mass is 28.3. The van der Waals surface area contributed by atoms with Gasteiger partial charge in [-0.05, 0) is 37.4 Å². The number of hydrogen-bond donors (Lipinski definition) is 1. The highest BCUT2D eigenvalue weighted by Crippen LogP contribution is 2.40. The second-order valence-corrected chi connectivity index (χ2v) is 10.8. The standard InChI is InChI=1S/C20H29N2O6Si/c1-12(19(24)28-15-10-8-7-9-14(15)22(25)26)17-16(18(23)21-17)13(20(2,3)4)11-27-29(5)6/h7-10,12-13,16-17H,11H2,1-6H3,(H,21,23)/t12-,13-,16+,17-/m1/s1. The highest BCUT2D eigenvalue weighted by Gasteiger charge is 2.52. The number of para-hydroxylation sites is 2. The smallest absolute Gasteiger partial charge is 0.316 e. The number of amides is 1. The second-order valence-electron chi connectivity index (χ2n) is 8.69. The number of benzene rings is 1. The van der Waals surface area contributed by atoms with Gasteiger partial charge < -0.3 is 14.5 Å². The van der Waals surface area contributed by atoms with Crippen LogP contribution < -0.4 is 10.1 Å². The zero-order valence-electron chi connectivity index (χ0n) is 17.7. The van der Waals surface area contributed by atoms with Crippen molar-refractivity contribution in [2.75, 3.05) is 6.61 Å². The largest absolute Gasteiger partial charge is 0.419 e. The molecule has 1 aromatic carbocycles. The molecule has 0 bridgehead atoms. The van der Waals surface area contributed by atoms with Crippen LogP contribution in [0.3, 0.4) is 0 Å². The Morgan fingerprint density at radius 1 is 1.31 bits per heavy atom. The number of esters is 1. The van der Waals surface area contributed by atoms with Crippen LogP contribution in [0.25, 0.3) is 0 Å². The second kappa shape index (κ2) is 9.04. The van der Waals surface area contributed by atoms with Gasteiger partial charge >= 0.3 is 11.7 Å². The fourth-order valence-corrected chi connectivity index (χ4v) is 3.99. The van der Waals surface area contributed by atoms with Crippen LogP contribution >= 0.6 is 0 Å². The zero-order chi connectivity index (χ0) is 21.9. The van der Waals surface area contributed by atoms with Crippen molar-refractivity contribution < 1.29 is 23.7 Å². The van der Waals surface area contributed by atoms with E-state index >= 15 is 0 Å². The normalized spacial score (nSPS) is 21.1. The lowest BCUT2D eigenvalue weighted by Crippen LogP contribution is -2.66. The maximum absolute atomic E-state index is 12.7. The van der Waals surface area contributed by atoms with Gasteiger partial charge in [0.25, 0.3) is 0 Å². The van der Waals surface area contributed by atoms with Crippen LogP contribution in [0.5, 0.6) is 5.75 Å². The number of nitro groups is 1. The third kappa shape index (κ3) is 5.42. The quantitative estimate of drug-likeness (QED) is 0.172. The molecule has 1 aromatic rings. The lowest BCUT2D eigenvalue weighted by atomic mass is 9.65. The monoisotopic (exact) mass is 421 g/mol. The van der Waals surface area contributed by atoms with Gasteiger partial charge in [-0.25, -0.2) is 0 Å². The van der Waals surface area contributed by atoms with Crippen molar-refractivity contribution in [1.82, 2.24) is 5.32 Å². The maximum atomic E-state index is 12.7. The van der Waals surface area contributed by atoms with E-state index in [1.165, 1.54) is 18.2 Å². The molecule has 9 heteroatoms. The Morgan fingerprint density at radius 3 is 2.45 bits per heavy atom. The van der Waals surface area contributed by atoms with Crippen LogP contribution in [0, 0.1) is 33.3 Å². The maximum Gasteiger partial charge on any atom is 0.316 e. The van der Waals surface area contributed by atoms with Gasteiger partial charge in [0.15, 0.2) is 0 Å². The number of ether oxygens (including phenoxy) is 1. The van der Waals surface area contributed by atoms with Gasteiger partial charge in [0.05, 0.1) is 22.8 Å². The van der Waals surface area contributed by atoms with Crippen LogP contribution in [0.15, 0.2) is 24.3 Å². The number of rotatable bonds is 8. The fourth-order valence-electron chi connectivity index (χ4n) is 3.48. The van der Waals surface area contributed by atoms with Crippen LogP contribution in [0.1, 0.15) is 27.7 Å². The number of carbonyl (C=O) groups is 2. The average molecular weight is 422 g/mol. The lowest BCUT2D eigenvalue weighted by Gasteiger charge is -2.48. The number of nitrogens with one attached hydrogen (secondary N) is 1. The summed E-state index contributed by atoms with van der Waals surface area (Å²) in [4.78, 5) is 35.6. The molecule has 1 amide bonds. The Balaban J connectivity index is 2.17. The van der Waals surface area contributed by atoms with Crippen LogP contribution in [0.2, 0.25) is 13.1 Å². The Bertz CT molecular complexity index is 776. The van der Waals surface area contributed by atoms with Crippen molar-refractivity contribution in [3.63, 3.8) is 0 Å². The summed E-state index contributed by atoms with van der Waals surface area (Å²) in [6.45, 7) is 12.4. The van der Waals surface area contributed by atoms with E-state index in [0.717, 1.165) is 0 Å². The summed E-state index contributed by atoms with van der Waals surface area (Å²) >= 11 is 0. The average Bonchev–Trinajstić information content (AvgIpc) is 2.61. The first-order valence-electron chi connectivity index (χ1n) is 9.62. The Kier molecular flexibility index (Phi) is 7.18. The molecule has 1 radical (unpaired) electrons. The van der Waals surface area contributed by atoms with Gasteiger partial charge in [0, 0.05) is 12.7 Å². The van der Waals surface area contributed by atoms with Crippen molar-refractivity contribution in [2.24, 2.45) is 23.2 Å². The van der Waals surface area contributed by atoms with Gasteiger partial charge in [-0.1, -0.05) is 32.9 Å². The van der Waals surface area contributed by atoms with Gasteiger partial charge in [-0.2, -0.15) is 0 Å². The summed E-state index contributed by atoms with van der Waals surface area (Å²) in [7, 11) is -0.917. The molecule has 1 fully saturated rings. The summed E-state index contributed by atoms with van der Waals surface area (Å²) in [5.74, 6) is -1.93. The predicted octanol–water partition coefficient (Wildman–Crippen LogP) is 3.18. The first kappa shape index (κ1) is 23.0. The summed E-state index contributed by atoms with van der Waals surface area (Å²) < 4.78 is 11.2. The molecule has 1 heterocycles. The van der Waals surface area contributed by atoms with Gasteiger partial charge in [0.1, 0.15) is 0 Å². The van der Waals surface area contributed by atoms with Crippen molar-refractivity contribution in [3.05, 3.63) is 34.4 Å². The Hall–Kier alpha value is -2.26. The lowest BCUT2D eigenvalue weighted by molar-refractivity contribution is -0.385. The first-order valence-corrected chi connectivity index (χ1v) is 12.0. The molecule has 29 heavy (non-hydrogen) atoms. The highest BCUT2D eigenvalue weighted by molar-refractivity contribution is 6.48. The molecule has 1 aliphatic rings. The van der Waals surface area contributed by atoms with E-state index in [-0.39, 0.29) is 34.6 Å². The van der Waals surface area contributed by atoms with Gasteiger partial charge in [-0.3, -0.25) is 19.7 Å². The summed E-state index contributed by atoms with van der Waals surface area (Å²) in [6.07, 6.45) is 0. The van der Waals surface area contributed by atoms with Crippen LogP contribution in [0.4, 0.5) is 5.69 Å². The molecule has 8 nitrogen and oxygen atoms in total. The molecule has 1 aliphatic heterocycles. The van der Waals surface area contributed by atoms with Crippen molar-refractivity contribution in [3.8, 4) is 5.75 Å². The minimum Gasteiger partial charge on any atom is -0.419 e. The summed E-state index contributed by atoms with van der Waals surface area (Å²) in [5, 5.41) is 14.0. The molecule has 1 N–H and O–H groups in total. The van der Waals surface area contributed by atoms with E-state index in [1.807, 2.05) is 13.1 Å². The molecule has 0 unspecified atom stereocenters. The molecular weight excluding hydrogens is 392 g/mol. The Morgan fingerprint density at radius 2 is 1.93 bits per heavy atom. The fraction of sp³-hybridized carbons (Fsp3) is 0.600.